The molecule has 0 fully saturated rings. The average molecular weight is 477 g/mol. The summed E-state index contributed by atoms with van der Waals surface area (Å²) in [5.41, 5.74) is 0. The zero-order valence-electron chi connectivity index (χ0n) is 19.0. The summed E-state index contributed by atoms with van der Waals surface area (Å²) in [6, 6.07) is 7.49. The number of aryl methyl sites for hydroxylation is 1. The standard InChI is InChI=1S/C21H28N6O3S2/c1-12(2)11-27-18(13(3)30-17-10-8-7-9-16(17)29-6)24-26-21(27)31-14(4)19(28)22-20-25-23-15(5)32-20/h7-10,12-14H,11H2,1-6H3,(H,22,25,28). The third kappa shape index (κ3) is 5.98. The Morgan fingerprint density at radius 2 is 1.84 bits per heavy atom. The van der Waals surface area contributed by atoms with E-state index in [0.717, 1.165) is 5.01 Å². The minimum atomic E-state index is -0.396. The molecule has 2 atom stereocenters. The van der Waals surface area contributed by atoms with Crippen LogP contribution in [0, 0.1) is 12.8 Å². The third-order valence-electron chi connectivity index (χ3n) is 4.44. The molecule has 1 aromatic carbocycles. The Kier molecular flexibility index (Phi) is 8.08. The van der Waals surface area contributed by atoms with Gasteiger partial charge >= 0.3 is 0 Å². The maximum absolute atomic E-state index is 12.6. The molecular weight excluding hydrogens is 448 g/mol. The van der Waals surface area contributed by atoms with Crippen LogP contribution in [0.15, 0.2) is 29.4 Å². The zero-order valence-corrected chi connectivity index (χ0v) is 20.7. The summed E-state index contributed by atoms with van der Waals surface area (Å²) < 4.78 is 13.5. The largest absolute Gasteiger partial charge is 0.493 e. The second kappa shape index (κ2) is 10.8. The van der Waals surface area contributed by atoms with E-state index in [1.807, 2.05) is 49.6 Å². The van der Waals surface area contributed by atoms with Gasteiger partial charge < -0.3 is 14.0 Å². The van der Waals surface area contributed by atoms with Crippen LogP contribution >= 0.6 is 23.1 Å². The van der Waals surface area contributed by atoms with Crippen LogP contribution in [0.4, 0.5) is 5.13 Å². The predicted octanol–water partition coefficient (Wildman–Crippen LogP) is 4.36. The van der Waals surface area contributed by atoms with Gasteiger partial charge in [0.05, 0.1) is 12.4 Å². The molecule has 0 bridgehead atoms. The molecule has 9 nitrogen and oxygen atoms in total. The van der Waals surface area contributed by atoms with Crippen molar-refractivity contribution in [3.63, 3.8) is 0 Å². The van der Waals surface area contributed by atoms with Gasteiger partial charge in [-0.15, -0.1) is 20.4 Å². The lowest BCUT2D eigenvalue weighted by molar-refractivity contribution is -0.115. The molecule has 32 heavy (non-hydrogen) atoms. The normalized spacial score (nSPS) is 13.1. The highest BCUT2D eigenvalue weighted by molar-refractivity contribution is 8.00. The minimum Gasteiger partial charge on any atom is -0.493 e. The van der Waals surface area contributed by atoms with E-state index >= 15 is 0 Å². The Morgan fingerprint density at radius 3 is 2.47 bits per heavy atom. The van der Waals surface area contributed by atoms with Crippen LogP contribution in [0.25, 0.3) is 0 Å². The molecule has 3 rings (SSSR count). The van der Waals surface area contributed by atoms with E-state index < -0.39 is 5.25 Å². The van der Waals surface area contributed by atoms with Crippen LogP contribution in [0.2, 0.25) is 0 Å². The van der Waals surface area contributed by atoms with E-state index in [9.17, 15) is 4.79 Å². The highest BCUT2D eigenvalue weighted by Gasteiger charge is 2.25. The van der Waals surface area contributed by atoms with Gasteiger partial charge in [-0.25, -0.2) is 0 Å². The highest BCUT2D eigenvalue weighted by atomic mass is 32.2. The van der Waals surface area contributed by atoms with Gasteiger partial charge in [0, 0.05) is 6.54 Å². The van der Waals surface area contributed by atoms with E-state index in [0.29, 0.717) is 40.1 Å². The number of carbonyl (C=O) groups excluding carboxylic acids is 1. The number of aromatic nitrogens is 5. The number of anilines is 1. The number of rotatable bonds is 10. The fourth-order valence-corrected chi connectivity index (χ4v) is 4.41. The molecule has 3 aromatic rings. The molecule has 0 saturated carbocycles. The van der Waals surface area contributed by atoms with Crippen molar-refractivity contribution in [3.8, 4) is 11.5 Å². The molecule has 0 spiro atoms. The molecule has 0 aliphatic carbocycles. The number of nitrogens with zero attached hydrogens (tertiary/aromatic N) is 5. The fourth-order valence-electron chi connectivity index (χ4n) is 2.95. The van der Waals surface area contributed by atoms with Gasteiger partial charge in [0.2, 0.25) is 11.0 Å². The number of benzene rings is 1. The van der Waals surface area contributed by atoms with Crippen molar-refractivity contribution < 1.29 is 14.3 Å². The SMILES string of the molecule is COc1ccccc1OC(C)c1nnc(SC(C)C(=O)Nc2nnc(C)s2)n1CC(C)C. The molecule has 2 unspecified atom stereocenters. The van der Waals surface area contributed by atoms with Gasteiger partial charge in [-0.05, 0) is 38.8 Å². The van der Waals surface area contributed by atoms with Crippen LogP contribution in [0.3, 0.4) is 0 Å². The summed E-state index contributed by atoms with van der Waals surface area (Å²) in [4.78, 5) is 12.6. The molecule has 2 heterocycles. The molecule has 1 N–H and O–H groups in total. The van der Waals surface area contributed by atoms with Crippen molar-refractivity contribution in [2.24, 2.45) is 5.92 Å². The Hall–Kier alpha value is -2.66. The molecule has 0 aliphatic heterocycles. The number of thioether (sulfide) groups is 1. The number of amides is 1. The number of carbonyl (C=O) groups is 1. The summed E-state index contributed by atoms with van der Waals surface area (Å²) in [5, 5.41) is 21.0. The van der Waals surface area contributed by atoms with E-state index in [2.05, 4.69) is 39.6 Å². The smallest absolute Gasteiger partial charge is 0.239 e. The molecule has 2 aromatic heterocycles. The van der Waals surface area contributed by atoms with Gasteiger partial charge in [-0.3, -0.25) is 10.1 Å². The first-order valence-corrected chi connectivity index (χ1v) is 12.0. The van der Waals surface area contributed by atoms with Crippen LogP contribution in [0.5, 0.6) is 11.5 Å². The second-order valence-corrected chi connectivity index (χ2v) is 10.1. The predicted molar refractivity (Wildman–Crippen MR) is 125 cm³/mol. The van der Waals surface area contributed by atoms with Gasteiger partial charge in [0.25, 0.3) is 0 Å². The van der Waals surface area contributed by atoms with E-state index in [1.165, 1.54) is 23.1 Å². The Bertz CT molecular complexity index is 1050. The summed E-state index contributed by atoms with van der Waals surface area (Å²) in [6.07, 6.45) is -0.361. The lowest BCUT2D eigenvalue weighted by Gasteiger charge is -2.19. The Labute approximate surface area is 195 Å². The molecule has 11 heteroatoms. The number of ether oxygens (including phenoxy) is 2. The maximum Gasteiger partial charge on any atom is 0.239 e. The highest BCUT2D eigenvalue weighted by Crippen LogP contribution is 2.32. The van der Waals surface area contributed by atoms with Crippen molar-refractivity contribution in [1.29, 1.82) is 0 Å². The first kappa shape index (κ1) is 24.0. The number of hydrogen-bond acceptors (Lipinski definition) is 9. The maximum atomic E-state index is 12.6. The summed E-state index contributed by atoms with van der Waals surface area (Å²) >= 11 is 2.69. The Morgan fingerprint density at radius 1 is 1.12 bits per heavy atom. The van der Waals surface area contributed by atoms with E-state index in [1.54, 1.807) is 7.11 Å². The second-order valence-electron chi connectivity index (χ2n) is 7.63. The monoisotopic (exact) mass is 476 g/mol. The van der Waals surface area contributed by atoms with Crippen molar-refractivity contribution >= 4 is 34.1 Å². The summed E-state index contributed by atoms with van der Waals surface area (Å²) in [6.45, 7) is 10.5. The number of methoxy groups -OCH3 is 1. The van der Waals surface area contributed by atoms with Crippen LogP contribution in [0.1, 0.15) is 44.6 Å². The van der Waals surface area contributed by atoms with Crippen molar-refractivity contribution in [2.45, 2.75) is 57.7 Å². The average Bonchev–Trinajstić information content (AvgIpc) is 3.33. The molecule has 0 aliphatic rings. The summed E-state index contributed by atoms with van der Waals surface area (Å²) in [5.74, 6) is 2.18. The van der Waals surface area contributed by atoms with Crippen LogP contribution < -0.4 is 14.8 Å². The van der Waals surface area contributed by atoms with Crippen molar-refractivity contribution in [2.75, 3.05) is 12.4 Å². The van der Waals surface area contributed by atoms with Crippen molar-refractivity contribution in [3.05, 3.63) is 35.1 Å². The third-order valence-corrected chi connectivity index (χ3v) is 6.27. The van der Waals surface area contributed by atoms with Gasteiger partial charge in [0.1, 0.15) is 5.01 Å². The molecule has 0 radical (unpaired) electrons. The minimum absolute atomic E-state index is 0.162. The molecule has 1 amide bonds. The Balaban J connectivity index is 1.77. The zero-order chi connectivity index (χ0) is 23.3. The number of para-hydroxylation sites is 2. The lowest BCUT2D eigenvalue weighted by atomic mass is 10.2. The molecule has 0 saturated heterocycles. The number of nitrogens with one attached hydrogen (secondary N) is 1. The van der Waals surface area contributed by atoms with Crippen molar-refractivity contribution in [1.82, 2.24) is 25.0 Å². The van der Waals surface area contributed by atoms with Crippen LogP contribution in [-0.2, 0) is 11.3 Å². The molecule has 172 valence electrons. The fraction of sp³-hybridized carbons (Fsp3) is 0.476. The number of hydrogen-bond donors (Lipinski definition) is 1. The first-order valence-electron chi connectivity index (χ1n) is 10.3. The summed E-state index contributed by atoms with van der Waals surface area (Å²) in [7, 11) is 1.61. The van der Waals surface area contributed by atoms with Gasteiger partial charge in [-0.2, -0.15) is 0 Å². The van der Waals surface area contributed by atoms with E-state index in [4.69, 9.17) is 9.47 Å². The van der Waals surface area contributed by atoms with Crippen LogP contribution in [-0.4, -0.2) is 43.2 Å². The lowest BCUT2D eigenvalue weighted by Crippen LogP contribution is -2.23. The quantitative estimate of drug-likeness (QED) is 0.430. The van der Waals surface area contributed by atoms with Gasteiger partial charge in [-0.1, -0.05) is 49.1 Å². The topological polar surface area (TPSA) is 104 Å². The first-order chi connectivity index (χ1) is 15.3. The van der Waals surface area contributed by atoms with Gasteiger partial charge in [0.15, 0.2) is 28.6 Å². The molecular formula is C21H28N6O3S2. The van der Waals surface area contributed by atoms with E-state index in [-0.39, 0.29) is 12.0 Å².